The van der Waals surface area contributed by atoms with Crippen LogP contribution in [-0.4, -0.2) is 45.4 Å². The predicted molar refractivity (Wildman–Crippen MR) is 105 cm³/mol. The van der Waals surface area contributed by atoms with E-state index in [-0.39, 0.29) is 28.9 Å². The van der Waals surface area contributed by atoms with Crippen LogP contribution in [0.3, 0.4) is 0 Å². The predicted octanol–water partition coefficient (Wildman–Crippen LogP) is 3.36. The van der Waals surface area contributed by atoms with Crippen LogP contribution in [0.1, 0.15) is 63.1 Å². The maximum Gasteiger partial charge on any atom is 0.337 e. The van der Waals surface area contributed by atoms with Crippen LogP contribution >= 0.6 is 0 Å². The van der Waals surface area contributed by atoms with E-state index in [0.29, 0.717) is 11.3 Å². The number of carboxylic acids is 1. The van der Waals surface area contributed by atoms with Gasteiger partial charge < -0.3 is 15.3 Å². The van der Waals surface area contributed by atoms with E-state index in [0.717, 1.165) is 25.8 Å². The van der Waals surface area contributed by atoms with E-state index < -0.39 is 11.9 Å². The number of hydrogen-bond acceptors (Lipinski definition) is 4. The summed E-state index contributed by atoms with van der Waals surface area (Å²) < 4.78 is 0. The Morgan fingerprint density at radius 3 is 2.43 bits per heavy atom. The highest BCUT2D eigenvalue weighted by Gasteiger charge is 2.24. The van der Waals surface area contributed by atoms with Crippen molar-refractivity contribution in [2.75, 3.05) is 11.9 Å². The minimum atomic E-state index is -1.08. The molecule has 0 aliphatic carbocycles. The molecule has 0 radical (unpaired) electrons. The number of aromatic carboxylic acids is 1. The number of aryl methyl sites for hydroxylation is 1. The monoisotopic (exact) mass is 381 g/mol. The van der Waals surface area contributed by atoms with Gasteiger partial charge in [0.2, 0.25) is 0 Å². The molecule has 1 saturated heterocycles. The van der Waals surface area contributed by atoms with Crippen molar-refractivity contribution in [1.82, 2.24) is 9.88 Å². The Morgan fingerprint density at radius 1 is 1.11 bits per heavy atom. The number of nitrogens with one attached hydrogen (secondary N) is 1. The Kier molecular flexibility index (Phi) is 5.73. The lowest BCUT2D eigenvalue weighted by Crippen LogP contribution is -2.42. The Morgan fingerprint density at radius 2 is 1.82 bits per heavy atom. The Bertz CT molecular complexity index is 908. The molecule has 1 fully saturated rings. The van der Waals surface area contributed by atoms with Gasteiger partial charge in [-0.15, -0.1) is 0 Å². The highest BCUT2D eigenvalue weighted by molar-refractivity contribution is 6.03. The fraction of sp³-hybridized carbons (Fsp3) is 0.333. The van der Waals surface area contributed by atoms with E-state index in [4.69, 9.17) is 5.11 Å². The lowest BCUT2D eigenvalue weighted by molar-refractivity contribution is 0.0634. The van der Waals surface area contributed by atoms with Crippen LogP contribution in [-0.2, 0) is 0 Å². The van der Waals surface area contributed by atoms with Crippen molar-refractivity contribution in [3.05, 3.63) is 58.9 Å². The topological polar surface area (TPSA) is 99.6 Å². The number of pyridine rings is 1. The average Bonchev–Trinajstić information content (AvgIpc) is 2.68. The standard InChI is InChI=1S/C21H23N3O4/c1-13-5-3-4-12-24(13)20(26)15-6-8-16(9-7-15)23-19(25)18-11-10-17(21(27)28)14(2)22-18/h6-11,13H,3-5,12H2,1-2H3,(H,23,25)(H,27,28). The van der Waals surface area contributed by atoms with Crippen molar-refractivity contribution in [2.45, 2.75) is 39.2 Å². The van der Waals surface area contributed by atoms with Crippen molar-refractivity contribution < 1.29 is 19.5 Å². The summed E-state index contributed by atoms with van der Waals surface area (Å²) in [5.74, 6) is -1.52. The third-order valence-electron chi connectivity index (χ3n) is 5.00. The fourth-order valence-electron chi connectivity index (χ4n) is 3.37. The van der Waals surface area contributed by atoms with Crippen LogP contribution < -0.4 is 5.32 Å². The molecule has 146 valence electrons. The number of hydrogen-bond donors (Lipinski definition) is 2. The zero-order valence-electron chi connectivity index (χ0n) is 15.9. The molecule has 0 spiro atoms. The van der Waals surface area contributed by atoms with Gasteiger partial charge >= 0.3 is 5.97 Å². The molecule has 2 amide bonds. The van der Waals surface area contributed by atoms with Gasteiger partial charge in [0.15, 0.2) is 0 Å². The van der Waals surface area contributed by atoms with Crippen molar-refractivity contribution in [2.24, 2.45) is 0 Å². The molecule has 7 nitrogen and oxygen atoms in total. The third kappa shape index (κ3) is 4.19. The smallest absolute Gasteiger partial charge is 0.337 e. The lowest BCUT2D eigenvalue weighted by atomic mass is 10.0. The van der Waals surface area contributed by atoms with Crippen LogP contribution in [0.5, 0.6) is 0 Å². The molecule has 1 atom stereocenters. The van der Waals surface area contributed by atoms with Gasteiger partial charge in [-0.25, -0.2) is 9.78 Å². The van der Waals surface area contributed by atoms with Crippen LogP contribution in [0.4, 0.5) is 5.69 Å². The largest absolute Gasteiger partial charge is 0.478 e. The van der Waals surface area contributed by atoms with Gasteiger partial charge in [-0.05, 0) is 69.5 Å². The summed E-state index contributed by atoms with van der Waals surface area (Å²) in [4.78, 5) is 42.0. The van der Waals surface area contributed by atoms with Crippen molar-refractivity contribution >= 4 is 23.5 Å². The zero-order valence-corrected chi connectivity index (χ0v) is 15.9. The van der Waals surface area contributed by atoms with Crippen molar-refractivity contribution in [1.29, 1.82) is 0 Å². The number of likely N-dealkylation sites (tertiary alicyclic amines) is 1. The Balaban J connectivity index is 1.68. The molecular formula is C21H23N3O4. The maximum absolute atomic E-state index is 12.7. The molecule has 1 aliphatic rings. The van der Waals surface area contributed by atoms with E-state index in [9.17, 15) is 14.4 Å². The van der Waals surface area contributed by atoms with Crippen molar-refractivity contribution in [3.63, 3.8) is 0 Å². The highest BCUT2D eigenvalue weighted by Crippen LogP contribution is 2.20. The fourth-order valence-corrected chi connectivity index (χ4v) is 3.37. The Labute approximate surface area is 163 Å². The van der Waals surface area contributed by atoms with Crippen LogP contribution in [0.2, 0.25) is 0 Å². The van der Waals surface area contributed by atoms with Gasteiger partial charge in [0.25, 0.3) is 11.8 Å². The molecular weight excluding hydrogens is 358 g/mol. The molecule has 1 aliphatic heterocycles. The number of aromatic nitrogens is 1. The molecule has 2 heterocycles. The molecule has 1 aromatic carbocycles. The summed E-state index contributed by atoms with van der Waals surface area (Å²) in [5.41, 5.74) is 1.59. The molecule has 1 unspecified atom stereocenters. The number of carbonyl (C=O) groups is 3. The summed E-state index contributed by atoms with van der Waals surface area (Å²) in [6, 6.07) is 9.74. The quantitative estimate of drug-likeness (QED) is 0.846. The van der Waals surface area contributed by atoms with Gasteiger partial charge in [-0.1, -0.05) is 0 Å². The molecule has 2 aromatic rings. The number of carboxylic acid groups (broad SMARTS) is 1. The molecule has 3 rings (SSSR count). The summed E-state index contributed by atoms with van der Waals surface area (Å²) in [5, 5.41) is 11.8. The number of benzene rings is 1. The van der Waals surface area contributed by atoms with Crippen LogP contribution in [0, 0.1) is 6.92 Å². The van der Waals surface area contributed by atoms with Crippen LogP contribution in [0.25, 0.3) is 0 Å². The summed E-state index contributed by atoms with van der Waals surface area (Å²) in [6.45, 7) is 4.38. The third-order valence-corrected chi connectivity index (χ3v) is 5.00. The van der Waals surface area contributed by atoms with Crippen LogP contribution in [0.15, 0.2) is 36.4 Å². The van der Waals surface area contributed by atoms with E-state index >= 15 is 0 Å². The number of amides is 2. The first kappa shape index (κ1) is 19.5. The molecule has 1 aromatic heterocycles. The molecule has 2 N–H and O–H groups in total. The first-order chi connectivity index (χ1) is 13.4. The van der Waals surface area contributed by atoms with Gasteiger partial charge in [0.05, 0.1) is 11.3 Å². The van der Waals surface area contributed by atoms with E-state index in [2.05, 4.69) is 17.2 Å². The summed E-state index contributed by atoms with van der Waals surface area (Å²) >= 11 is 0. The molecule has 0 saturated carbocycles. The molecule has 28 heavy (non-hydrogen) atoms. The van der Waals surface area contributed by atoms with Gasteiger partial charge in [0.1, 0.15) is 5.69 Å². The van der Waals surface area contributed by atoms with E-state index in [1.807, 2.05) is 4.90 Å². The lowest BCUT2D eigenvalue weighted by Gasteiger charge is -2.33. The SMILES string of the molecule is Cc1nc(C(=O)Nc2ccc(C(=O)N3CCCCC3C)cc2)ccc1C(=O)O. The van der Waals surface area contributed by atoms with E-state index in [1.54, 1.807) is 31.2 Å². The number of piperidine rings is 1. The summed E-state index contributed by atoms with van der Waals surface area (Å²) in [7, 11) is 0. The Hall–Kier alpha value is -3.22. The minimum Gasteiger partial charge on any atom is -0.478 e. The van der Waals surface area contributed by atoms with Gasteiger partial charge in [-0.2, -0.15) is 0 Å². The van der Waals surface area contributed by atoms with E-state index in [1.165, 1.54) is 12.1 Å². The molecule has 0 bridgehead atoms. The first-order valence-corrected chi connectivity index (χ1v) is 9.30. The number of carbonyl (C=O) groups excluding carboxylic acids is 2. The average molecular weight is 381 g/mol. The normalized spacial score (nSPS) is 16.5. The first-order valence-electron chi connectivity index (χ1n) is 9.30. The highest BCUT2D eigenvalue weighted by atomic mass is 16.4. The number of nitrogens with zero attached hydrogens (tertiary/aromatic N) is 2. The number of rotatable bonds is 4. The minimum absolute atomic E-state index is 0.00614. The second-order valence-corrected chi connectivity index (χ2v) is 7.01. The molecule has 7 heteroatoms. The summed E-state index contributed by atoms with van der Waals surface area (Å²) in [6.07, 6.45) is 3.20. The second kappa shape index (κ2) is 8.21. The van der Waals surface area contributed by atoms with Crippen molar-refractivity contribution in [3.8, 4) is 0 Å². The van der Waals surface area contributed by atoms with Gasteiger partial charge in [-0.3, -0.25) is 9.59 Å². The number of anilines is 1. The van der Waals surface area contributed by atoms with Gasteiger partial charge in [0, 0.05) is 23.8 Å². The second-order valence-electron chi connectivity index (χ2n) is 7.01. The zero-order chi connectivity index (χ0) is 20.3. The maximum atomic E-state index is 12.7.